The number of rotatable bonds is 4. The van der Waals surface area contributed by atoms with Gasteiger partial charge < -0.3 is 4.85 Å². The quantitative estimate of drug-likeness (QED) is 0.744. The van der Waals surface area contributed by atoms with Gasteiger partial charge >= 0.3 is 10.6 Å². The zero-order valence-electron chi connectivity index (χ0n) is 15.0. The van der Waals surface area contributed by atoms with E-state index in [1.807, 2.05) is 45.9 Å². The third-order valence-electron chi connectivity index (χ3n) is 3.79. The molecule has 0 bridgehead atoms. The van der Waals surface area contributed by atoms with Gasteiger partial charge in [0.25, 0.3) is 5.54 Å². The van der Waals surface area contributed by atoms with Crippen LogP contribution in [0.4, 0.5) is 0 Å². The van der Waals surface area contributed by atoms with Gasteiger partial charge in [-0.1, -0.05) is 13.5 Å². The fourth-order valence-electron chi connectivity index (χ4n) is 2.13. The third-order valence-corrected chi connectivity index (χ3v) is 3.79. The summed E-state index contributed by atoms with van der Waals surface area (Å²) in [6, 6.07) is 8.31. The summed E-state index contributed by atoms with van der Waals surface area (Å²) in [6.07, 6.45) is 3.15. The Hall–Kier alpha value is -3.04. The Kier molecular flexibility index (Phi) is 8.52. The second kappa shape index (κ2) is 9.60. The van der Waals surface area contributed by atoms with Gasteiger partial charge in [-0.3, -0.25) is 0 Å². The summed E-state index contributed by atoms with van der Waals surface area (Å²) >= 11 is 0. The van der Waals surface area contributed by atoms with Crippen LogP contribution in [-0.4, -0.2) is 27.4 Å². The Morgan fingerprint density at radius 1 is 1.19 bits per heavy atom. The summed E-state index contributed by atoms with van der Waals surface area (Å²) in [5.74, 6) is 0. The monoisotopic (exact) mass is 389 g/mol. The highest BCUT2D eigenvalue weighted by Crippen LogP contribution is 2.31. The van der Waals surface area contributed by atoms with Crippen LogP contribution in [0.3, 0.4) is 0 Å². The Labute approximate surface area is 161 Å². The van der Waals surface area contributed by atoms with Gasteiger partial charge in [-0.05, 0) is 37.1 Å². The minimum Gasteiger partial charge on any atom is -0.306 e. The first-order valence-electron chi connectivity index (χ1n) is 7.56. The molecule has 0 aliphatic rings. The first kappa shape index (κ1) is 24.0. The molecule has 1 heterocycles. The van der Waals surface area contributed by atoms with E-state index in [0.29, 0.717) is 6.54 Å². The van der Waals surface area contributed by atoms with Crippen molar-refractivity contribution in [3.63, 3.8) is 0 Å². The van der Waals surface area contributed by atoms with Crippen molar-refractivity contribution < 1.29 is 12.6 Å². The zero-order chi connectivity index (χ0) is 20.0. The molecule has 9 heteroatoms. The fraction of sp³-hybridized carbons (Fsp3) is 0.444. The van der Waals surface area contributed by atoms with Gasteiger partial charge in [-0.2, -0.15) is 10.4 Å². The van der Waals surface area contributed by atoms with Crippen LogP contribution in [-0.2, 0) is 28.1 Å². The molecule has 0 spiro atoms. The van der Waals surface area contributed by atoms with E-state index < -0.39 is 21.6 Å². The van der Waals surface area contributed by atoms with Gasteiger partial charge in [0.05, 0.1) is 18.0 Å². The fourth-order valence-corrected chi connectivity index (χ4v) is 2.13. The molecule has 0 saturated carbocycles. The number of benzene rings is 1. The largest absolute Gasteiger partial charge is 0.425 e. The molecule has 27 heavy (non-hydrogen) atoms. The van der Waals surface area contributed by atoms with Crippen molar-refractivity contribution in [3.05, 3.63) is 59.0 Å². The van der Waals surface area contributed by atoms with Crippen molar-refractivity contribution >= 4 is 10.6 Å². The van der Waals surface area contributed by atoms with E-state index in [1.54, 1.807) is 11.0 Å². The topological polar surface area (TPSA) is 110 Å². The molecule has 1 aromatic carbocycles. The van der Waals surface area contributed by atoms with Crippen LogP contribution in [0.1, 0.15) is 51.8 Å². The molecular weight excluding hydrogens is 366 g/mol. The van der Waals surface area contributed by atoms with Crippen molar-refractivity contribution in [2.45, 2.75) is 52.6 Å². The maximum absolute atomic E-state index is 9.41. The van der Waals surface area contributed by atoms with E-state index in [1.165, 1.54) is 6.33 Å². The molecule has 0 saturated heterocycles. The molecule has 2 aromatic rings. The van der Waals surface area contributed by atoms with Crippen molar-refractivity contribution in [3.8, 4) is 6.07 Å². The molecular formula is C18H23N5O3S. The molecule has 0 radical (unpaired) electrons. The molecule has 2 rings (SSSR count). The highest BCUT2D eigenvalue weighted by Gasteiger charge is 2.29. The van der Waals surface area contributed by atoms with Crippen LogP contribution in [0.15, 0.2) is 30.9 Å². The number of hydrogen-bond donors (Lipinski definition) is 0. The number of hydrogen-bond acceptors (Lipinski definition) is 6. The Morgan fingerprint density at radius 3 is 2.19 bits per heavy atom. The second-order valence-corrected chi connectivity index (χ2v) is 7.03. The maximum Gasteiger partial charge on any atom is 0.425 e. The normalized spacial score (nSPS) is 10.4. The van der Waals surface area contributed by atoms with E-state index in [-0.39, 0.29) is 7.43 Å². The third kappa shape index (κ3) is 7.00. The predicted octanol–water partition coefficient (Wildman–Crippen LogP) is 2.91. The van der Waals surface area contributed by atoms with Crippen LogP contribution in [0, 0.1) is 17.9 Å². The molecule has 144 valence electrons. The number of nitrogens with zero attached hydrogens (tertiary/aromatic N) is 5. The Morgan fingerprint density at radius 2 is 1.74 bits per heavy atom. The number of nitriles is 1. The molecule has 0 N–H and O–H groups in total. The predicted molar refractivity (Wildman–Crippen MR) is 100 cm³/mol. The highest BCUT2D eigenvalue weighted by molar-refractivity contribution is 7.59. The Bertz CT molecular complexity index is 899. The minimum absolute atomic E-state index is 0. The van der Waals surface area contributed by atoms with Crippen molar-refractivity contribution in [1.82, 2.24) is 14.8 Å². The second-order valence-electron chi connectivity index (χ2n) is 6.62. The average Bonchev–Trinajstić information content (AvgIpc) is 3.07. The molecule has 0 aliphatic carbocycles. The van der Waals surface area contributed by atoms with Gasteiger partial charge in [0.15, 0.2) is 0 Å². The summed E-state index contributed by atoms with van der Waals surface area (Å²) in [7, 11) is -3.11. The smallest absolute Gasteiger partial charge is 0.306 e. The van der Waals surface area contributed by atoms with E-state index >= 15 is 0 Å². The van der Waals surface area contributed by atoms with Crippen LogP contribution in [0.2, 0.25) is 0 Å². The van der Waals surface area contributed by atoms with Gasteiger partial charge in [0.2, 0.25) is 0 Å². The van der Waals surface area contributed by atoms with Gasteiger partial charge in [-0.15, -0.1) is 12.6 Å². The van der Waals surface area contributed by atoms with E-state index in [2.05, 4.69) is 21.0 Å². The summed E-state index contributed by atoms with van der Waals surface area (Å²) in [5.41, 5.74) is 1.61. The van der Waals surface area contributed by atoms with Crippen LogP contribution in [0.25, 0.3) is 4.85 Å². The lowest BCUT2D eigenvalue weighted by atomic mass is 9.81. The minimum atomic E-state index is -3.11. The maximum atomic E-state index is 9.41. The summed E-state index contributed by atoms with van der Waals surface area (Å²) < 4.78 is 27.1. The van der Waals surface area contributed by atoms with Gasteiger partial charge in [-0.25, -0.2) is 16.2 Å². The molecule has 0 unspecified atom stereocenters. The van der Waals surface area contributed by atoms with Crippen molar-refractivity contribution in [2.75, 3.05) is 0 Å². The number of aromatic nitrogens is 3. The average molecular weight is 389 g/mol. The van der Waals surface area contributed by atoms with Gasteiger partial charge in [0, 0.05) is 19.4 Å². The van der Waals surface area contributed by atoms with Gasteiger partial charge in [0.1, 0.15) is 12.7 Å². The van der Waals surface area contributed by atoms with Crippen LogP contribution >= 0.6 is 0 Å². The van der Waals surface area contributed by atoms with Crippen molar-refractivity contribution in [2.24, 2.45) is 0 Å². The standard InChI is InChI=1S/C17H19N5.CH4.O3S/c1-16(2,10-18)14-6-13(9-22-12-20-11-21-22)7-15(8-14)17(3,4)19-5;;1-4(2)3/h6-8,11-12H,9H2,1-4H3;1H4;. The highest BCUT2D eigenvalue weighted by atomic mass is 32.2. The lowest BCUT2D eigenvalue weighted by Crippen LogP contribution is -2.19. The van der Waals surface area contributed by atoms with Crippen LogP contribution in [0.5, 0.6) is 0 Å². The molecule has 1 aromatic heterocycles. The Balaban J connectivity index is 0.00000123. The summed E-state index contributed by atoms with van der Waals surface area (Å²) in [6.45, 7) is 15.5. The molecule has 0 fully saturated rings. The lowest BCUT2D eigenvalue weighted by molar-refractivity contribution is 0.559. The first-order chi connectivity index (χ1) is 12.0. The summed E-state index contributed by atoms with van der Waals surface area (Å²) in [4.78, 5) is 7.65. The zero-order valence-corrected chi connectivity index (χ0v) is 15.8. The molecule has 0 aliphatic heterocycles. The SMILES string of the molecule is C.O=S(=O)=O.[C-]#[N+]C(C)(C)c1cc(Cn2cncn2)cc(C(C)(C)C#N)c1. The molecule has 8 nitrogen and oxygen atoms in total. The molecule has 0 amide bonds. The molecule has 0 atom stereocenters. The summed E-state index contributed by atoms with van der Waals surface area (Å²) in [5, 5.41) is 13.5. The van der Waals surface area contributed by atoms with Crippen molar-refractivity contribution in [1.29, 1.82) is 5.26 Å². The van der Waals surface area contributed by atoms with E-state index in [0.717, 1.165) is 16.7 Å². The van der Waals surface area contributed by atoms with E-state index in [4.69, 9.17) is 19.2 Å². The lowest BCUT2D eigenvalue weighted by Gasteiger charge is -2.21. The van der Waals surface area contributed by atoms with Crippen LogP contribution < -0.4 is 0 Å². The first-order valence-corrected chi connectivity index (χ1v) is 8.56. The van der Waals surface area contributed by atoms with E-state index in [9.17, 15) is 5.26 Å².